The molecule has 0 aliphatic heterocycles. The second-order valence-corrected chi connectivity index (χ2v) is 8.01. The molecule has 0 aliphatic carbocycles. The van der Waals surface area contributed by atoms with Gasteiger partial charge in [0.05, 0.1) is 17.7 Å². The average Bonchev–Trinajstić information content (AvgIpc) is 2.80. The van der Waals surface area contributed by atoms with Crippen molar-refractivity contribution < 1.29 is 4.74 Å². The minimum atomic E-state index is 0.374. The fourth-order valence-corrected chi connectivity index (χ4v) is 3.27. The maximum Gasteiger partial charge on any atom is 0.232 e. The van der Waals surface area contributed by atoms with Gasteiger partial charge in [-0.05, 0) is 87.1 Å². The van der Waals surface area contributed by atoms with Gasteiger partial charge in [-0.2, -0.15) is 20.5 Å². The van der Waals surface area contributed by atoms with Crippen molar-refractivity contribution in [3.05, 3.63) is 70.8 Å². The summed E-state index contributed by atoms with van der Waals surface area (Å²) in [5, 5.41) is 24.3. The Bertz CT molecular complexity index is 1230. The van der Waals surface area contributed by atoms with Gasteiger partial charge in [0.15, 0.2) is 0 Å². The van der Waals surface area contributed by atoms with Crippen LogP contribution in [0.25, 0.3) is 6.08 Å². The number of nitrogens with one attached hydrogen (secondary N) is 2. The highest BCUT2D eigenvalue weighted by atomic mass is 16.5. The van der Waals surface area contributed by atoms with Crippen LogP contribution >= 0.6 is 0 Å². The molecular formula is C26H27N7O. The van der Waals surface area contributed by atoms with Gasteiger partial charge >= 0.3 is 0 Å². The zero-order valence-corrected chi connectivity index (χ0v) is 19.8. The minimum absolute atomic E-state index is 0.374. The van der Waals surface area contributed by atoms with Crippen LogP contribution in [0.15, 0.2) is 48.5 Å². The fourth-order valence-electron chi connectivity index (χ4n) is 3.27. The summed E-state index contributed by atoms with van der Waals surface area (Å²) >= 11 is 0. The molecule has 3 rings (SSSR count). The van der Waals surface area contributed by atoms with E-state index >= 15 is 0 Å². The second kappa shape index (κ2) is 11.5. The van der Waals surface area contributed by atoms with Crippen LogP contribution in [0.5, 0.6) is 11.6 Å². The summed E-state index contributed by atoms with van der Waals surface area (Å²) in [6.07, 6.45) is 3.22. The van der Waals surface area contributed by atoms with Gasteiger partial charge < -0.3 is 20.3 Å². The summed E-state index contributed by atoms with van der Waals surface area (Å²) in [7, 11) is 4.02. The van der Waals surface area contributed by atoms with Crippen LogP contribution in [0.2, 0.25) is 0 Å². The quantitative estimate of drug-likeness (QED) is 0.435. The topological polar surface area (TPSA) is 110 Å². The van der Waals surface area contributed by atoms with Gasteiger partial charge in [-0.25, -0.2) is 0 Å². The Morgan fingerprint density at radius 2 is 1.74 bits per heavy atom. The van der Waals surface area contributed by atoms with Crippen LogP contribution in [0.3, 0.4) is 0 Å². The first-order chi connectivity index (χ1) is 16.4. The molecule has 8 nitrogen and oxygen atoms in total. The molecule has 0 saturated heterocycles. The van der Waals surface area contributed by atoms with Crippen molar-refractivity contribution in [3.8, 4) is 23.8 Å². The van der Waals surface area contributed by atoms with Crippen LogP contribution in [-0.2, 0) is 0 Å². The summed E-state index contributed by atoms with van der Waals surface area (Å²) < 4.78 is 6.21. The van der Waals surface area contributed by atoms with E-state index in [9.17, 15) is 0 Å². The first-order valence-corrected chi connectivity index (χ1v) is 10.8. The van der Waals surface area contributed by atoms with E-state index in [4.69, 9.17) is 15.3 Å². The van der Waals surface area contributed by atoms with E-state index < -0.39 is 0 Å². The smallest absolute Gasteiger partial charge is 0.232 e. The Balaban J connectivity index is 1.90. The van der Waals surface area contributed by atoms with Gasteiger partial charge in [-0.1, -0.05) is 0 Å². The highest BCUT2D eigenvalue weighted by molar-refractivity contribution is 5.59. The summed E-state index contributed by atoms with van der Waals surface area (Å²) in [6.45, 7) is 5.46. The van der Waals surface area contributed by atoms with Crippen molar-refractivity contribution in [3.63, 3.8) is 0 Å². The molecule has 0 bridgehead atoms. The predicted octanol–water partition coefficient (Wildman–Crippen LogP) is 5.01. The normalized spacial score (nSPS) is 10.7. The first-order valence-electron chi connectivity index (χ1n) is 10.8. The van der Waals surface area contributed by atoms with Crippen molar-refractivity contribution >= 4 is 23.5 Å². The standard InChI is InChI=1S/C26H27N7O/c1-18-14-21(6-5-11-27)15-19(2)25(18)34-24-16-23(29-12-13-33(3)4)31-26(32-24)30-22-9-7-20(17-28)8-10-22/h5-10,14-16H,12-13H2,1-4H3,(H2,29,30,31,32)/b6-5+. The molecule has 2 aromatic carbocycles. The largest absolute Gasteiger partial charge is 0.438 e. The number of benzene rings is 2. The number of hydrogen-bond donors (Lipinski definition) is 2. The van der Waals surface area contributed by atoms with E-state index in [-0.39, 0.29) is 0 Å². The molecule has 0 atom stereocenters. The molecule has 1 aromatic heterocycles. The number of aromatic nitrogens is 2. The van der Waals surface area contributed by atoms with Crippen molar-refractivity contribution in [2.24, 2.45) is 0 Å². The minimum Gasteiger partial charge on any atom is -0.438 e. The molecule has 0 saturated carbocycles. The highest BCUT2D eigenvalue weighted by Crippen LogP contribution is 2.31. The summed E-state index contributed by atoms with van der Waals surface area (Å²) in [5.41, 5.74) is 4.13. The van der Waals surface area contributed by atoms with E-state index in [0.717, 1.165) is 28.9 Å². The third-order valence-electron chi connectivity index (χ3n) is 4.88. The molecular weight excluding hydrogens is 426 g/mol. The molecule has 34 heavy (non-hydrogen) atoms. The van der Waals surface area contributed by atoms with Crippen molar-refractivity contribution in [2.45, 2.75) is 13.8 Å². The average molecular weight is 454 g/mol. The lowest BCUT2D eigenvalue weighted by atomic mass is 10.1. The van der Waals surface area contributed by atoms with Crippen molar-refractivity contribution in [1.29, 1.82) is 10.5 Å². The van der Waals surface area contributed by atoms with Gasteiger partial charge in [-0.15, -0.1) is 0 Å². The van der Waals surface area contributed by atoms with Gasteiger partial charge in [0.1, 0.15) is 11.6 Å². The molecule has 0 fully saturated rings. The van der Waals surface area contributed by atoms with Gasteiger partial charge in [0.2, 0.25) is 11.8 Å². The third kappa shape index (κ3) is 6.80. The van der Waals surface area contributed by atoms with Gasteiger partial charge in [0.25, 0.3) is 0 Å². The van der Waals surface area contributed by atoms with E-state index in [1.165, 1.54) is 6.08 Å². The number of ether oxygens (including phenoxy) is 1. The van der Waals surface area contributed by atoms with Crippen LogP contribution in [-0.4, -0.2) is 42.1 Å². The zero-order valence-electron chi connectivity index (χ0n) is 19.8. The van der Waals surface area contributed by atoms with E-state index in [1.54, 1.807) is 36.4 Å². The van der Waals surface area contributed by atoms with Crippen LogP contribution < -0.4 is 15.4 Å². The molecule has 0 unspecified atom stereocenters. The first kappa shape index (κ1) is 24.2. The number of rotatable bonds is 9. The molecule has 0 aliphatic rings. The predicted molar refractivity (Wildman–Crippen MR) is 134 cm³/mol. The SMILES string of the molecule is Cc1cc(/C=C/C#N)cc(C)c1Oc1cc(NCCN(C)C)nc(Nc2ccc(C#N)cc2)n1. The molecule has 1 heterocycles. The highest BCUT2D eigenvalue weighted by Gasteiger charge is 2.12. The van der Waals surface area contributed by atoms with Crippen LogP contribution in [0, 0.1) is 36.5 Å². The van der Waals surface area contributed by atoms with Crippen LogP contribution in [0.1, 0.15) is 22.3 Å². The van der Waals surface area contributed by atoms with Crippen molar-refractivity contribution in [1.82, 2.24) is 14.9 Å². The van der Waals surface area contributed by atoms with E-state index in [0.29, 0.717) is 35.5 Å². The Morgan fingerprint density at radius 3 is 2.35 bits per heavy atom. The lowest BCUT2D eigenvalue weighted by Gasteiger charge is -2.15. The second-order valence-electron chi connectivity index (χ2n) is 8.01. The Hall–Kier alpha value is -4.40. The molecule has 0 amide bonds. The zero-order chi connectivity index (χ0) is 24.5. The number of aryl methyl sites for hydroxylation is 2. The monoisotopic (exact) mass is 453 g/mol. The lowest BCUT2D eigenvalue weighted by molar-refractivity contribution is 0.425. The summed E-state index contributed by atoms with van der Waals surface area (Å²) in [5.74, 6) is 2.10. The molecule has 0 radical (unpaired) electrons. The third-order valence-corrected chi connectivity index (χ3v) is 4.88. The number of anilines is 3. The molecule has 2 N–H and O–H groups in total. The summed E-state index contributed by atoms with van der Waals surface area (Å²) in [4.78, 5) is 11.2. The number of allylic oxidation sites excluding steroid dienone is 1. The Labute approximate surface area is 200 Å². The van der Waals surface area contributed by atoms with E-state index in [2.05, 4.69) is 31.6 Å². The lowest BCUT2D eigenvalue weighted by Crippen LogP contribution is -2.21. The number of nitriles is 2. The van der Waals surface area contributed by atoms with Crippen LogP contribution in [0.4, 0.5) is 17.5 Å². The molecule has 0 spiro atoms. The Kier molecular flexibility index (Phi) is 8.17. The maximum absolute atomic E-state index is 9.02. The van der Waals surface area contributed by atoms with E-state index in [1.807, 2.05) is 46.1 Å². The maximum atomic E-state index is 9.02. The fraction of sp³-hybridized carbons (Fsp3) is 0.231. The number of nitrogens with zero attached hydrogens (tertiary/aromatic N) is 5. The molecule has 3 aromatic rings. The molecule has 172 valence electrons. The molecule has 8 heteroatoms. The van der Waals surface area contributed by atoms with Gasteiger partial charge in [-0.3, -0.25) is 0 Å². The Morgan fingerprint density at radius 1 is 1.03 bits per heavy atom. The summed E-state index contributed by atoms with van der Waals surface area (Å²) in [6, 6.07) is 16.9. The van der Waals surface area contributed by atoms with Crippen molar-refractivity contribution in [2.75, 3.05) is 37.8 Å². The number of hydrogen-bond acceptors (Lipinski definition) is 8. The van der Waals surface area contributed by atoms with Gasteiger partial charge in [0, 0.05) is 30.9 Å². The number of likely N-dealkylation sites (N-methyl/N-ethyl adjacent to an activating group) is 1.